The highest BCUT2D eigenvalue weighted by atomic mass is 79.9. The maximum atomic E-state index is 15.8. The van der Waals surface area contributed by atoms with Gasteiger partial charge in [0.2, 0.25) is 5.88 Å². The van der Waals surface area contributed by atoms with Gasteiger partial charge in [0.1, 0.15) is 12.0 Å². The summed E-state index contributed by atoms with van der Waals surface area (Å²) >= 11 is 3.55. The van der Waals surface area contributed by atoms with Crippen LogP contribution in [0.25, 0.3) is 10.9 Å². The Hall–Kier alpha value is -3.39. The number of benzene rings is 3. The van der Waals surface area contributed by atoms with Crippen molar-refractivity contribution >= 4 is 26.8 Å². The third-order valence-electron chi connectivity index (χ3n) is 8.13. The molecule has 1 heterocycles. The van der Waals surface area contributed by atoms with Gasteiger partial charge in [0.15, 0.2) is 0 Å². The van der Waals surface area contributed by atoms with Crippen LogP contribution in [0.3, 0.4) is 0 Å². The molecule has 42 heavy (non-hydrogen) atoms. The average Bonchev–Trinajstić information content (AvgIpc) is 3.00. The lowest BCUT2D eigenvalue weighted by Gasteiger charge is -2.44. The Bertz CT molecular complexity index is 1560. The van der Waals surface area contributed by atoms with Crippen molar-refractivity contribution in [2.75, 3.05) is 20.2 Å². The largest absolute Gasteiger partial charge is 0.481 e. The monoisotopic (exact) mass is 632 g/mol. The summed E-state index contributed by atoms with van der Waals surface area (Å²) in [6.07, 6.45) is 2.18. The van der Waals surface area contributed by atoms with Crippen molar-refractivity contribution in [2.45, 2.75) is 37.6 Å². The number of aromatic nitrogens is 1. The summed E-state index contributed by atoms with van der Waals surface area (Å²) in [7, 11) is 1.55. The van der Waals surface area contributed by atoms with E-state index < -0.39 is 29.4 Å². The number of pyridine rings is 1. The van der Waals surface area contributed by atoms with Crippen LogP contribution in [0.4, 0.5) is 8.78 Å². The maximum Gasteiger partial charge on any atom is 0.217 e. The number of alkyl halides is 1. The standard InChI is InChI=1S/C35H35BrF2N2O2/c1-3-40(23-24-10-6-4-7-11-24)19-18-35(41,30-16-15-28(37)22-31(30)38)33(25-12-8-5-9-13-25)29-21-26-20-27(36)14-17-32(26)39-34(29)42-2/h4-17,20-22,30-31,33,41H,3,18-19,23H2,1-2H3. The van der Waals surface area contributed by atoms with E-state index in [1.54, 1.807) is 7.11 Å². The van der Waals surface area contributed by atoms with Gasteiger partial charge in [0.05, 0.1) is 18.2 Å². The Morgan fingerprint density at radius 3 is 2.43 bits per heavy atom. The van der Waals surface area contributed by atoms with E-state index in [4.69, 9.17) is 9.72 Å². The summed E-state index contributed by atoms with van der Waals surface area (Å²) in [6.45, 7) is 3.99. The van der Waals surface area contributed by atoms with Gasteiger partial charge in [-0.15, -0.1) is 0 Å². The molecule has 0 saturated heterocycles. The summed E-state index contributed by atoms with van der Waals surface area (Å²) in [4.78, 5) is 7.02. The van der Waals surface area contributed by atoms with Crippen LogP contribution in [-0.2, 0) is 6.54 Å². The number of hydrogen-bond acceptors (Lipinski definition) is 4. The molecule has 0 bridgehead atoms. The van der Waals surface area contributed by atoms with E-state index in [-0.39, 0.29) is 6.42 Å². The van der Waals surface area contributed by atoms with Crippen molar-refractivity contribution in [2.24, 2.45) is 5.92 Å². The SMILES string of the molecule is CCN(CCC(O)(C(c1ccccc1)c1cc2cc(Br)ccc2nc1OC)C1C=CC(F)=CC1F)Cc1ccccc1. The van der Waals surface area contributed by atoms with E-state index in [9.17, 15) is 9.50 Å². The summed E-state index contributed by atoms with van der Waals surface area (Å²) < 4.78 is 36.7. The van der Waals surface area contributed by atoms with Crippen LogP contribution >= 0.6 is 15.9 Å². The molecule has 4 unspecified atom stereocenters. The number of hydrogen-bond donors (Lipinski definition) is 1. The molecular formula is C35H35BrF2N2O2. The molecule has 4 atom stereocenters. The highest BCUT2D eigenvalue weighted by molar-refractivity contribution is 9.10. The molecule has 0 fully saturated rings. The van der Waals surface area contributed by atoms with Gasteiger partial charge in [-0.3, -0.25) is 4.90 Å². The fourth-order valence-electron chi connectivity index (χ4n) is 5.99. The lowest BCUT2D eigenvalue weighted by Crippen LogP contribution is -2.49. The molecule has 1 aliphatic carbocycles. The second-order valence-electron chi connectivity index (χ2n) is 10.7. The zero-order chi connectivity index (χ0) is 29.7. The second kappa shape index (κ2) is 13.3. The number of methoxy groups -OCH3 is 1. The minimum Gasteiger partial charge on any atom is -0.481 e. The topological polar surface area (TPSA) is 45.6 Å². The minimum atomic E-state index is -1.72. The Morgan fingerprint density at radius 1 is 1.05 bits per heavy atom. The molecule has 4 nitrogen and oxygen atoms in total. The fraction of sp³-hybridized carbons (Fsp3) is 0.286. The van der Waals surface area contributed by atoms with Crippen LogP contribution in [0.5, 0.6) is 5.88 Å². The first-order chi connectivity index (χ1) is 20.3. The number of rotatable bonds is 11. The van der Waals surface area contributed by atoms with Crippen molar-refractivity contribution < 1.29 is 18.6 Å². The molecule has 218 valence electrons. The minimum absolute atomic E-state index is 0.220. The molecule has 0 amide bonds. The third-order valence-corrected chi connectivity index (χ3v) is 8.63. The number of ether oxygens (including phenoxy) is 1. The average molecular weight is 634 g/mol. The molecule has 5 rings (SSSR count). The van der Waals surface area contributed by atoms with Gasteiger partial charge in [0, 0.05) is 40.3 Å². The maximum absolute atomic E-state index is 15.8. The Labute approximate surface area is 254 Å². The van der Waals surface area contributed by atoms with Crippen LogP contribution in [-0.4, -0.2) is 47.0 Å². The molecular weight excluding hydrogens is 598 g/mol. The summed E-state index contributed by atoms with van der Waals surface area (Å²) in [5.74, 6) is -2.04. The molecule has 7 heteroatoms. The van der Waals surface area contributed by atoms with Gasteiger partial charge in [0.25, 0.3) is 0 Å². The summed E-state index contributed by atoms with van der Waals surface area (Å²) in [6, 6.07) is 27.4. The first-order valence-electron chi connectivity index (χ1n) is 14.2. The summed E-state index contributed by atoms with van der Waals surface area (Å²) in [5.41, 5.74) is 1.64. The number of aliphatic hydroxyl groups is 1. The Kier molecular flexibility index (Phi) is 9.51. The van der Waals surface area contributed by atoms with Crippen molar-refractivity contribution in [3.8, 4) is 5.88 Å². The van der Waals surface area contributed by atoms with Crippen LogP contribution in [0.15, 0.2) is 113 Å². The molecule has 3 aromatic carbocycles. The molecule has 1 aliphatic rings. The number of nitrogens with zero attached hydrogens (tertiary/aromatic N) is 2. The van der Waals surface area contributed by atoms with Crippen LogP contribution < -0.4 is 4.74 Å². The Morgan fingerprint density at radius 2 is 1.76 bits per heavy atom. The Balaban J connectivity index is 1.65. The fourth-order valence-corrected chi connectivity index (χ4v) is 6.36. The smallest absolute Gasteiger partial charge is 0.217 e. The van der Waals surface area contributed by atoms with Gasteiger partial charge in [-0.2, -0.15) is 0 Å². The molecule has 0 aliphatic heterocycles. The van der Waals surface area contributed by atoms with Gasteiger partial charge in [-0.1, -0.05) is 89.6 Å². The molecule has 0 saturated carbocycles. The molecule has 1 N–H and O–H groups in total. The first kappa shape index (κ1) is 30.1. The van der Waals surface area contributed by atoms with Gasteiger partial charge in [-0.05, 0) is 60.5 Å². The highest BCUT2D eigenvalue weighted by Crippen LogP contribution is 2.48. The van der Waals surface area contributed by atoms with Crippen molar-refractivity contribution in [1.29, 1.82) is 0 Å². The summed E-state index contributed by atoms with van der Waals surface area (Å²) in [5, 5.41) is 13.8. The predicted octanol–water partition coefficient (Wildman–Crippen LogP) is 8.16. The van der Waals surface area contributed by atoms with Gasteiger partial charge >= 0.3 is 0 Å². The molecule has 1 aromatic heterocycles. The lowest BCUT2D eigenvalue weighted by atomic mass is 9.66. The predicted molar refractivity (Wildman–Crippen MR) is 168 cm³/mol. The number of allylic oxidation sites excluding steroid dienone is 3. The number of fused-ring (bicyclic) bond motifs is 1. The normalized spacial score (nSPS) is 19.0. The first-order valence-corrected chi connectivity index (χ1v) is 15.0. The van der Waals surface area contributed by atoms with Crippen LogP contribution in [0.2, 0.25) is 0 Å². The van der Waals surface area contributed by atoms with E-state index >= 15 is 4.39 Å². The highest BCUT2D eigenvalue weighted by Gasteiger charge is 2.49. The van der Waals surface area contributed by atoms with E-state index in [2.05, 4.69) is 39.9 Å². The molecule has 4 aromatic rings. The van der Waals surface area contributed by atoms with Gasteiger partial charge in [-0.25, -0.2) is 13.8 Å². The van der Waals surface area contributed by atoms with Gasteiger partial charge < -0.3 is 9.84 Å². The van der Waals surface area contributed by atoms with Crippen molar-refractivity contribution in [3.63, 3.8) is 0 Å². The van der Waals surface area contributed by atoms with E-state index in [1.807, 2.05) is 72.8 Å². The molecule has 0 spiro atoms. The van der Waals surface area contributed by atoms with Crippen molar-refractivity contribution in [1.82, 2.24) is 9.88 Å². The van der Waals surface area contributed by atoms with E-state index in [1.165, 1.54) is 12.2 Å². The molecule has 0 radical (unpaired) electrons. The second-order valence-corrected chi connectivity index (χ2v) is 11.7. The van der Waals surface area contributed by atoms with Crippen LogP contribution in [0.1, 0.15) is 36.0 Å². The number of halogens is 3. The quantitative estimate of drug-likeness (QED) is 0.181. The van der Waals surface area contributed by atoms with E-state index in [0.717, 1.165) is 39.1 Å². The van der Waals surface area contributed by atoms with Crippen molar-refractivity contribution in [3.05, 3.63) is 130 Å². The zero-order valence-electron chi connectivity index (χ0n) is 23.8. The lowest BCUT2D eigenvalue weighted by molar-refractivity contribution is -0.0495. The van der Waals surface area contributed by atoms with E-state index in [0.29, 0.717) is 24.5 Å². The van der Waals surface area contributed by atoms with Crippen LogP contribution in [0, 0.1) is 5.92 Å². The third kappa shape index (κ3) is 6.48. The zero-order valence-corrected chi connectivity index (χ0v) is 25.3.